The Morgan fingerprint density at radius 2 is 1.76 bits per heavy atom. The van der Waals surface area contributed by atoms with Crippen molar-refractivity contribution in [3.63, 3.8) is 0 Å². The highest BCUT2D eigenvalue weighted by molar-refractivity contribution is 7.89. The number of hydrogen-bond donors (Lipinski definition) is 0. The Hall–Kier alpha value is -1.11. The van der Waals surface area contributed by atoms with E-state index in [1.54, 1.807) is 31.9 Å². The molecule has 0 bridgehead atoms. The second-order valence-electron chi connectivity index (χ2n) is 6.44. The molecule has 0 aromatic heterocycles. The summed E-state index contributed by atoms with van der Waals surface area (Å²) in [6.45, 7) is 4.27. The molecular weight excluding hydrogens is 360 g/mol. The van der Waals surface area contributed by atoms with Gasteiger partial charge in [-0.05, 0) is 31.0 Å². The minimum Gasteiger partial charge on any atom is -0.339 e. The van der Waals surface area contributed by atoms with Crippen molar-refractivity contribution < 1.29 is 13.2 Å². The van der Waals surface area contributed by atoms with Crippen molar-refractivity contribution >= 4 is 27.5 Å². The maximum atomic E-state index is 12.8. The summed E-state index contributed by atoms with van der Waals surface area (Å²) in [6.07, 6.45) is 5.47. The van der Waals surface area contributed by atoms with Gasteiger partial charge >= 0.3 is 0 Å². The molecule has 0 unspecified atom stereocenters. The molecule has 0 aliphatic heterocycles. The topological polar surface area (TPSA) is 57.7 Å². The van der Waals surface area contributed by atoms with Crippen molar-refractivity contribution in [3.05, 3.63) is 28.8 Å². The van der Waals surface area contributed by atoms with Crippen LogP contribution in [0.5, 0.6) is 0 Å². The first-order valence-electron chi connectivity index (χ1n) is 8.89. The predicted octanol–water partition coefficient (Wildman–Crippen LogP) is 3.78. The number of halogens is 1. The normalized spacial score (nSPS) is 16.2. The standard InChI is InChI=1S/C18H27ClN2O3S/c1-4-21(5-2)25(23,24)17-13-14(11-12-16(17)19)18(22)20(3)15-9-7-6-8-10-15/h11-13,15H,4-10H2,1-3H3. The van der Waals surface area contributed by atoms with Gasteiger partial charge in [0.1, 0.15) is 4.90 Å². The monoisotopic (exact) mass is 386 g/mol. The van der Waals surface area contributed by atoms with Crippen LogP contribution in [0.2, 0.25) is 5.02 Å². The van der Waals surface area contributed by atoms with E-state index < -0.39 is 10.0 Å². The molecule has 25 heavy (non-hydrogen) atoms. The Bertz CT molecular complexity index is 711. The highest BCUT2D eigenvalue weighted by atomic mass is 35.5. The summed E-state index contributed by atoms with van der Waals surface area (Å²) in [5.74, 6) is -0.153. The second kappa shape index (κ2) is 8.52. The van der Waals surface area contributed by atoms with Crippen LogP contribution in [0.15, 0.2) is 23.1 Å². The molecule has 0 N–H and O–H groups in total. The maximum Gasteiger partial charge on any atom is 0.253 e. The average Bonchev–Trinajstić information content (AvgIpc) is 2.62. The summed E-state index contributed by atoms with van der Waals surface area (Å²) in [7, 11) is -1.91. The highest BCUT2D eigenvalue weighted by Crippen LogP contribution is 2.28. The number of benzene rings is 1. The zero-order valence-corrected chi connectivity index (χ0v) is 16.7. The minimum atomic E-state index is -3.71. The fraction of sp³-hybridized carbons (Fsp3) is 0.611. The van der Waals surface area contributed by atoms with Gasteiger partial charge in [0.2, 0.25) is 10.0 Å². The number of rotatable bonds is 6. The van der Waals surface area contributed by atoms with Gasteiger partial charge in [-0.15, -0.1) is 0 Å². The van der Waals surface area contributed by atoms with Crippen LogP contribution >= 0.6 is 11.6 Å². The van der Waals surface area contributed by atoms with Gasteiger partial charge in [-0.3, -0.25) is 4.79 Å². The molecule has 0 spiro atoms. The third-order valence-corrected chi connectivity index (χ3v) is 7.48. The van der Waals surface area contributed by atoms with E-state index in [0.717, 1.165) is 25.7 Å². The molecule has 5 nitrogen and oxygen atoms in total. The van der Waals surface area contributed by atoms with Crippen LogP contribution in [0.25, 0.3) is 0 Å². The molecule has 0 radical (unpaired) electrons. The van der Waals surface area contributed by atoms with E-state index in [0.29, 0.717) is 18.7 Å². The van der Waals surface area contributed by atoms with Gasteiger partial charge in [-0.25, -0.2) is 8.42 Å². The Labute approximate surface area is 156 Å². The number of sulfonamides is 1. The number of hydrogen-bond acceptors (Lipinski definition) is 3. The van der Waals surface area contributed by atoms with Crippen LogP contribution < -0.4 is 0 Å². The van der Waals surface area contributed by atoms with E-state index in [4.69, 9.17) is 11.6 Å². The van der Waals surface area contributed by atoms with Crippen molar-refractivity contribution in [2.75, 3.05) is 20.1 Å². The first-order chi connectivity index (χ1) is 11.8. The molecule has 0 atom stereocenters. The summed E-state index contributed by atoms with van der Waals surface area (Å²) in [4.78, 5) is 14.6. The third-order valence-electron chi connectivity index (χ3n) is 4.94. The fourth-order valence-corrected chi connectivity index (χ4v) is 5.33. The van der Waals surface area contributed by atoms with Gasteiger partial charge in [-0.2, -0.15) is 4.31 Å². The summed E-state index contributed by atoms with van der Waals surface area (Å²) in [5, 5.41) is 0.142. The van der Waals surface area contributed by atoms with E-state index >= 15 is 0 Å². The summed E-state index contributed by atoms with van der Waals surface area (Å²) < 4.78 is 26.9. The van der Waals surface area contributed by atoms with Gasteiger partial charge in [0.15, 0.2) is 0 Å². The number of nitrogens with zero attached hydrogens (tertiary/aromatic N) is 2. The maximum absolute atomic E-state index is 12.8. The minimum absolute atomic E-state index is 0.000704. The van der Waals surface area contributed by atoms with Crippen LogP contribution in [0.1, 0.15) is 56.3 Å². The molecule has 1 saturated carbocycles. The van der Waals surface area contributed by atoms with Crippen LogP contribution in [-0.4, -0.2) is 49.7 Å². The number of carbonyl (C=O) groups is 1. The van der Waals surface area contributed by atoms with Crippen LogP contribution in [0, 0.1) is 0 Å². The van der Waals surface area contributed by atoms with Gasteiger partial charge in [0.05, 0.1) is 5.02 Å². The molecule has 1 aliphatic rings. The molecule has 1 amide bonds. The summed E-state index contributed by atoms with van der Waals surface area (Å²) in [6, 6.07) is 4.74. The molecule has 2 rings (SSSR count). The molecule has 140 valence electrons. The van der Waals surface area contributed by atoms with E-state index in [1.165, 1.54) is 22.9 Å². The molecule has 1 fully saturated rings. The highest BCUT2D eigenvalue weighted by Gasteiger charge is 2.28. The largest absolute Gasteiger partial charge is 0.339 e. The van der Waals surface area contributed by atoms with Crippen molar-refractivity contribution in [2.24, 2.45) is 0 Å². The lowest BCUT2D eigenvalue weighted by molar-refractivity contribution is 0.0696. The molecular formula is C18H27ClN2O3S. The van der Waals surface area contributed by atoms with E-state index in [1.807, 2.05) is 0 Å². The quantitative estimate of drug-likeness (QED) is 0.747. The molecule has 7 heteroatoms. The summed E-state index contributed by atoms with van der Waals surface area (Å²) in [5.41, 5.74) is 0.364. The SMILES string of the molecule is CCN(CC)S(=O)(=O)c1cc(C(=O)N(C)C2CCCCC2)ccc1Cl. The fourth-order valence-electron chi connectivity index (χ4n) is 3.37. The van der Waals surface area contributed by atoms with Crippen molar-refractivity contribution in [2.45, 2.75) is 56.9 Å². The van der Waals surface area contributed by atoms with Crippen LogP contribution in [0.4, 0.5) is 0 Å². The molecule has 1 aromatic rings. The van der Waals surface area contributed by atoms with E-state index in [2.05, 4.69) is 0 Å². The number of carbonyl (C=O) groups excluding carboxylic acids is 1. The van der Waals surface area contributed by atoms with E-state index in [-0.39, 0.29) is 21.9 Å². The molecule has 1 aliphatic carbocycles. The first kappa shape index (κ1) is 20.2. The van der Waals surface area contributed by atoms with E-state index in [9.17, 15) is 13.2 Å². The Kier molecular flexibility index (Phi) is 6.88. The Morgan fingerprint density at radius 1 is 1.16 bits per heavy atom. The smallest absolute Gasteiger partial charge is 0.253 e. The molecule has 0 saturated heterocycles. The lowest BCUT2D eigenvalue weighted by Gasteiger charge is -2.31. The van der Waals surface area contributed by atoms with Gasteiger partial charge in [0.25, 0.3) is 5.91 Å². The predicted molar refractivity (Wildman–Crippen MR) is 101 cm³/mol. The van der Waals surface area contributed by atoms with Gasteiger partial charge in [-0.1, -0.05) is 44.7 Å². The Balaban J connectivity index is 2.33. The van der Waals surface area contributed by atoms with Crippen molar-refractivity contribution in [3.8, 4) is 0 Å². The van der Waals surface area contributed by atoms with Crippen LogP contribution in [-0.2, 0) is 10.0 Å². The second-order valence-corrected chi connectivity index (χ2v) is 8.76. The Morgan fingerprint density at radius 3 is 2.32 bits per heavy atom. The zero-order chi connectivity index (χ0) is 18.6. The van der Waals surface area contributed by atoms with Crippen molar-refractivity contribution in [1.29, 1.82) is 0 Å². The zero-order valence-electron chi connectivity index (χ0n) is 15.2. The summed E-state index contributed by atoms with van der Waals surface area (Å²) >= 11 is 6.14. The lowest BCUT2D eigenvalue weighted by atomic mass is 9.94. The molecule has 1 aromatic carbocycles. The molecule has 0 heterocycles. The lowest BCUT2D eigenvalue weighted by Crippen LogP contribution is -2.38. The van der Waals surface area contributed by atoms with Gasteiger partial charge in [0, 0.05) is 31.7 Å². The first-order valence-corrected chi connectivity index (χ1v) is 10.7. The van der Waals surface area contributed by atoms with Gasteiger partial charge < -0.3 is 4.90 Å². The average molecular weight is 387 g/mol. The van der Waals surface area contributed by atoms with Crippen molar-refractivity contribution in [1.82, 2.24) is 9.21 Å². The third kappa shape index (κ3) is 4.36. The number of amides is 1. The van der Waals surface area contributed by atoms with Crippen LogP contribution in [0.3, 0.4) is 0 Å².